The second-order valence-corrected chi connectivity index (χ2v) is 6.19. The van der Waals surface area contributed by atoms with Crippen LogP contribution in [0, 0.1) is 5.82 Å². The molecule has 0 saturated heterocycles. The van der Waals surface area contributed by atoms with Gasteiger partial charge in [-0.2, -0.15) is 10.1 Å². The molecule has 0 aliphatic heterocycles. The lowest BCUT2D eigenvalue weighted by molar-refractivity contribution is 0.340. The normalized spacial score (nSPS) is 10.8. The number of aromatic nitrogens is 4. The van der Waals surface area contributed by atoms with E-state index in [-0.39, 0.29) is 23.8 Å². The molecule has 0 fully saturated rings. The van der Waals surface area contributed by atoms with Gasteiger partial charge in [-0.25, -0.2) is 9.07 Å². The van der Waals surface area contributed by atoms with E-state index in [1.807, 2.05) is 31.2 Å². The van der Waals surface area contributed by atoms with Gasteiger partial charge in [-0.05, 0) is 61.5 Å². The fourth-order valence-electron chi connectivity index (χ4n) is 2.77. The summed E-state index contributed by atoms with van der Waals surface area (Å²) in [6.45, 7) is 2.54. The highest BCUT2D eigenvalue weighted by Crippen LogP contribution is 2.20. The quantitative estimate of drug-likeness (QED) is 0.499. The third-order valence-corrected chi connectivity index (χ3v) is 4.18. The Morgan fingerprint density at radius 3 is 2.45 bits per heavy atom. The Hall–Kier alpha value is -3.81. The molecule has 0 atom stereocenters. The molecule has 29 heavy (non-hydrogen) atoms. The summed E-state index contributed by atoms with van der Waals surface area (Å²) in [6, 6.07) is 16.3. The van der Waals surface area contributed by atoms with Gasteiger partial charge in [0.15, 0.2) is 0 Å². The first-order chi connectivity index (χ1) is 14.1. The van der Waals surface area contributed by atoms with Crippen LogP contribution in [0.5, 0.6) is 5.75 Å². The van der Waals surface area contributed by atoms with Gasteiger partial charge in [0, 0.05) is 17.2 Å². The zero-order chi connectivity index (χ0) is 20.2. The molecule has 0 bridgehead atoms. The molecule has 0 aliphatic carbocycles. The Balaban J connectivity index is 1.57. The second-order valence-electron chi connectivity index (χ2n) is 6.19. The van der Waals surface area contributed by atoms with Crippen molar-refractivity contribution in [2.24, 2.45) is 0 Å². The van der Waals surface area contributed by atoms with E-state index in [1.54, 1.807) is 18.2 Å². The molecular formula is C21H17FN4O3. The summed E-state index contributed by atoms with van der Waals surface area (Å²) in [4.78, 5) is 16.5. The highest BCUT2D eigenvalue weighted by Gasteiger charge is 2.12. The molecule has 2 aromatic heterocycles. The minimum Gasteiger partial charge on any atom is -0.494 e. The van der Waals surface area contributed by atoms with Crippen LogP contribution >= 0.6 is 0 Å². The SMILES string of the molecule is CCOc1ccc(-c2ccc(=O)n(Cc3nc(-c4ccc(F)cc4)no3)n2)cc1. The first kappa shape index (κ1) is 18.5. The predicted octanol–water partition coefficient (Wildman–Crippen LogP) is 3.55. The monoisotopic (exact) mass is 392 g/mol. The van der Waals surface area contributed by atoms with Gasteiger partial charge in [0.25, 0.3) is 5.56 Å². The van der Waals surface area contributed by atoms with Crippen molar-refractivity contribution in [3.8, 4) is 28.4 Å². The van der Waals surface area contributed by atoms with Crippen molar-refractivity contribution in [2.45, 2.75) is 13.5 Å². The van der Waals surface area contributed by atoms with Gasteiger partial charge in [-0.3, -0.25) is 4.79 Å². The first-order valence-corrected chi connectivity index (χ1v) is 9.02. The molecule has 7 nitrogen and oxygen atoms in total. The van der Waals surface area contributed by atoms with Gasteiger partial charge >= 0.3 is 0 Å². The average Bonchev–Trinajstić information content (AvgIpc) is 3.20. The van der Waals surface area contributed by atoms with E-state index in [0.29, 0.717) is 23.7 Å². The lowest BCUT2D eigenvalue weighted by Crippen LogP contribution is -2.23. The maximum absolute atomic E-state index is 13.1. The van der Waals surface area contributed by atoms with Crippen molar-refractivity contribution in [1.82, 2.24) is 19.9 Å². The van der Waals surface area contributed by atoms with Crippen molar-refractivity contribution in [1.29, 1.82) is 0 Å². The van der Waals surface area contributed by atoms with Gasteiger partial charge in [0.05, 0.1) is 12.3 Å². The molecule has 2 aromatic carbocycles. The van der Waals surface area contributed by atoms with Crippen LogP contribution in [0.3, 0.4) is 0 Å². The topological polar surface area (TPSA) is 83.0 Å². The number of rotatable bonds is 6. The molecule has 0 spiro atoms. The molecule has 2 heterocycles. The number of nitrogens with zero attached hydrogens (tertiary/aromatic N) is 4. The standard InChI is InChI=1S/C21H17FN4O3/c1-2-28-17-9-5-14(6-10-17)18-11-12-20(27)26(24-18)13-19-23-21(25-29-19)15-3-7-16(22)8-4-15/h3-12H,2,13H2,1H3. The Labute approximate surface area is 165 Å². The molecule has 0 aliphatic rings. The number of hydrogen-bond acceptors (Lipinski definition) is 6. The minimum atomic E-state index is -0.348. The molecular weight excluding hydrogens is 375 g/mol. The fourth-order valence-corrected chi connectivity index (χ4v) is 2.77. The predicted molar refractivity (Wildman–Crippen MR) is 104 cm³/mol. The van der Waals surface area contributed by atoms with Crippen LogP contribution < -0.4 is 10.3 Å². The van der Waals surface area contributed by atoms with Crippen LogP contribution in [0.4, 0.5) is 4.39 Å². The van der Waals surface area contributed by atoms with Gasteiger partial charge in [0.2, 0.25) is 11.7 Å². The summed E-state index contributed by atoms with van der Waals surface area (Å²) in [5.74, 6) is 0.960. The van der Waals surface area contributed by atoms with Crippen LogP contribution in [-0.4, -0.2) is 26.5 Å². The molecule has 8 heteroatoms. The summed E-state index contributed by atoms with van der Waals surface area (Å²) in [6.07, 6.45) is 0. The fraction of sp³-hybridized carbons (Fsp3) is 0.143. The summed E-state index contributed by atoms with van der Waals surface area (Å²) in [5, 5.41) is 8.28. The molecule has 4 rings (SSSR count). The van der Waals surface area contributed by atoms with E-state index in [0.717, 1.165) is 11.3 Å². The lowest BCUT2D eigenvalue weighted by Gasteiger charge is -2.07. The van der Waals surface area contributed by atoms with Gasteiger partial charge < -0.3 is 9.26 Å². The van der Waals surface area contributed by atoms with Gasteiger partial charge in [-0.1, -0.05) is 5.16 Å². The zero-order valence-corrected chi connectivity index (χ0v) is 15.6. The number of ether oxygens (including phenoxy) is 1. The third kappa shape index (κ3) is 4.21. The maximum atomic E-state index is 13.1. The highest BCUT2D eigenvalue weighted by molar-refractivity contribution is 5.59. The average molecular weight is 392 g/mol. The van der Waals surface area contributed by atoms with E-state index >= 15 is 0 Å². The largest absolute Gasteiger partial charge is 0.494 e. The molecule has 0 amide bonds. The smallest absolute Gasteiger partial charge is 0.267 e. The van der Waals surface area contributed by atoms with Gasteiger partial charge in [0.1, 0.15) is 18.1 Å². The Bertz CT molecular complexity index is 1170. The molecule has 0 radical (unpaired) electrons. The van der Waals surface area contributed by atoms with Crippen LogP contribution in [0.25, 0.3) is 22.6 Å². The Morgan fingerprint density at radius 1 is 1.00 bits per heavy atom. The van der Waals surface area contributed by atoms with Crippen molar-refractivity contribution in [3.05, 3.63) is 82.7 Å². The summed E-state index contributed by atoms with van der Waals surface area (Å²) in [5.41, 5.74) is 1.80. The van der Waals surface area contributed by atoms with Gasteiger partial charge in [-0.15, -0.1) is 0 Å². The number of benzene rings is 2. The van der Waals surface area contributed by atoms with Crippen molar-refractivity contribution < 1.29 is 13.7 Å². The van der Waals surface area contributed by atoms with E-state index < -0.39 is 0 Å². The maximum Gasteiger partial charge on any atom is 0.267 e. The highest BCUT2D eigenvalue weighted by atomic mass is 19.1. The summed E-state index contributed by atoms with van der Waals surface area (Å²) < 4.78 is 25.0. The minimum absolute atomic E-state index is 0.0257. The second kappa shape index (κ2) is 8.05. The third-order valence-electron chi connectivity index (χ3n) is 4.18. The number of hydrogen-bond donors (Lipinski definition) is 0. The summed E-state index contributed by atoms with van der Waals surface area (Å²) >= 11 is 0. The van der Waals surface area contributed by atoms with Crippen LogP contribution in [0.15, 0.2) is 70.0 Å². The van der Waals surface area contributed by atoms with E-state index in [4.69, 9.17) is 9.26 Å². The van der Waals surface area contributed by atoms with E-state index in [1.165, 1.54) is 22.9 Å². The Kier molecular flexibility index (Phi) is 5.15. The van der Waals surface area contributed by atoms with Crippen LogP contribution in [0.2, 0.25) is 0 Å². The van der Waals surface area contributed by atoms with E-state index in [2.05, 4.69) is 15.2 Å². The van der Waals surface area contributed by atoms with Crippen LogP contribution in [0.1, 0.15) is 12.8 Å². The molecule has 0 unspecified atom stereocenters. The Morgan fingerprint density at radius 2 is 1.72 bits per heavy atom. The van der Waals surface area contributed by atoms with Crippen LogP contribution in [-0.2, 0) is 6.54 Å². The number of halogens is 1. The lowest BCUT2D eigenvalue weighted by atomic mass is 10.1. The van der Waals surface area contributed by atoms with Crippen molar-refractivity contribution >= 4 is 0 Å². The molecule has 0 saturated carbocycles. The first-order valence-electron chi connectivity index (χ1n) is 9.02. The molecule has 0 N–H and O–H groups in total. The molecule has 4 aromatic rings. The van der Waals surface area contributed by atoms with Crippen molar-refractivity contribution in [3.63, 3.8) is 0 Å². The van der Waals surface area contributed by atoms with E-state index in [9.17, 15) is 9.18 Å². The summed E-state index contributed by atoms with van der Waals surface area (Å²) in [7, 11) is 0. The van der Waals surface area contributed by atoms with Crippen molar-refractivity contribution in [2.75, 3.05) is 6.61 Å². The zero-order valence-electron chi connectivity index (χ0n) is 15.6. The molecule has 146 valence electrons.